The SMILES string of the molecule is COc1ccc2nccc([C@@H](O)CN3CCC(NC(=O)c4ccc(Cl)c([N+](=O)[O-])c4)CC3)c2c1. The monoisotopic (exact) mass is 484 g/mol. The highest BCUT2D eigenvalue weighted by Gasteiger charge is 2.25. The Bertz CT molecular complexity index is 1210. The molecule has 10 heteroatoms. The number of nitrogens with zero attached hydrogens (tertiary/aromatic N) is 3. The summed E-state index contributed by atoms with van der Waals surface area (Å²) >= 11 is 5.83. The van der Waals surface area contributed by atoms with Crippen LogP contribution in [-0.4, -0.2) is 58.6 Å². The molecule has 0 radical (unpaired) electrons. The number of β-amino-alcohol motifs (C(OH)–C–C–N with tert-alkyl or cyclic N) is 1. The summed E-state index contributed by atoms with van der Waals surface area (Å²) in [5.41, 5.74) is 1.50. The number of likely N-dealkylation sites (tertiary alicyclic amines) is 1. The number of rotatable bonds is 7. The van der Waals surface area contributed by atoms with E-state index in [0.29, 0.717) is 38.2 Å². The molecule has 1 aliphatic heterocycles. The van der Waals surface area contributed by atoms with Crippen LogP contribution in [0.1, 0.15) is 34.9 Å². The average Bonchev–Trinajstić information content (AvgIpc) is 2.84. The van der Waals surface area contributed by atoms with Crippen molar-refractivity contribution in [3.63, 3.8) is 0 Å². The zero-order valence-corrected chi connectivity index (χ0v) is 19.4. The van der Waals surface area contributed by atoms with E-state index in [2.05, 4.69) is 15.2 Å². The zero-order valence-electron chi connectivity index (χ0n) is 18.6. The van der Waals surface area contributed by atoms with Crippen molar-refractivity contribution in [3.05, 3.63) is 74.9 Å². The van der Waals surface area contributed by atoms with E-state index in [-0.39, 0.29) is 28.2 Å². The molecule has 2 N–H and O–H groups in total. The maximum Gasteiger partial charge on any atom is 0.288 e. The third kappa shape index (κ3) is 5.27. The van der Waals surface area contributed by atoms with Crippen molar-refractivity contribution in [1.29, 1.82) is 0 Å². The average molecular weight is 485 g/mol. The number of fused-ring (bicyclic) bond motifs is 1. The predicted molar refractivity (Wildman–Crippen MR) is 128 cm³/mol. The number of nitro groups is 1. The highest BCUT2D eigenvalue weighted by Crippen LogP contribution is 2.28. The minimum atomic E-state index is -0.696. The van der Waals surface area contributed by atoms with Crippen LogP contribution in [0.4, 0.5) is 5.69 Å². The summed E-state index contributed by atoms with van der Waals surface area (Å²) in [6, 6.07) is 11.4. The summed E-state index contributed by atoms with van der Waals surface area (Å²) in [5.74, 6) is 0.340. The fourth-order valence-electron chi connectivity index (χ4n) is 4.23. The number of piperidine rings is 1. The topological polar surface area (TPSA) is 118 Å². The van der Waals surface area contributed by atoms with E-state index in [1.807, 2.05) is 24.3 Å². The highest BCUT2D eigenvalue weighted by molar-refractivity contribution is 6.32. The van der Waals surface area contributed by atoms with Crippen LogP contribution in [0.2, 0.25) is 5.02 Å². The highest BCUT2D eigenvalue weighted by atomic mass is 35.5. The van der Waals surface area contributed by atoms with E-state index in [1.165, 1.54) is 18.2 Å². The van der Waals surface area contributed by atoms with Gasteiger partial charge in [-0.3, -0.25) is 19.9 Å². The van der Waals surface area contributed by atoms with E-state index in [4.69, 9.17) is 16.3 Å². The standard InChI is InChI=1S/C24H25ClN4O5/c1-34-17-3-5-21-19(13-17)18(6-9-26-21)23(30)14-28-10-7-16(8-11-28)27-24(31)15-2-4-20(25)22(12-15)29(32)33/h2-6,9,12-13,16,23,30H,7-8,10-11,14H2,1H3,(H,27,31)/t23-/m0/s1. The van der Waals surface area contributed by atoms with E-state index >= 15 is 0 Å². The molecule has 0 aliphatic carbocycles. The molecule has 3 aromatic rings. The summed E-state index contributed by atoms with van der Waals surface area (Å²) < 4.78 is 5.31. The molecule has 2 aromatic carbocycles. The molecule has 1 aromatic heterocycles. The van der Waals surface area contributed by atoms with Crippen molar-refractivity contribution in [1.82, 2.24) is 15.2 Å². The molecule has 4 rings (SSSR count). The summed E-state index contributed by atoms with van der Waals surface area (Å²) in [7, 11) is 1.60. The molecular weight excluding hydrogens is 460 g/mol. The Morgan fingerprint density at radius 1 is 1.29 bits per heavy atom. The van der Waals surface area contributed by atoms with Crippen LogP contribution in [0.3, 0.4) is 0 Å². The lowest BCUT2D eigenvalue weighted by molar-refractivity contribution is -0.384. The van der Waals surface area contributed by atoms with Crippen LogP contribution in [0.25, 0.3) is 10.9 Å². The van der Waals surface area contributed by atoms with Gasteiger partial charge in [-0.2, -0.15) is 0 Å². The lowest BCUT2D eigenvalue weighted by atomic mass is 10.0. The number of amides is 1. The van der Waals surface area contributed by atoms with Gasteiger partial charge < -0.3 is 20.1 Å². The van der Waals surface area contributed by atoms with Crippen LogP contribution in [0.15, 0.2) is 48.7 Å². The van der Waals surface area contributed by atoms with Crippen LogP contribution >= 0.6 is 11.6 Å². The predicted octanol–water partition coefficient (Wildman–Crippen LogP) is 3.73. The number of aliphatic hydroxyl groups is 1. The molecule has 9 nitrogen and oxygen atoms in total. The molecule has 178 valence electrons. The minimum absolute atomic E-state index is 0.00571. The van der Waals surface area contributed by atoms with Crippen molar-refractivity contribution >= 4 is 34.1 Å². The number of nitrogens with one attached hydrogen (secondary N) is 1. The Morgan fingerprint density at radius 2 is 2.06 bits per heavy atom. The fourth-order valence-corrected chi connectivity index (χ4v) is 4.42. The van der Waals surface area contributed by atoms with Gasteiger partial charge >= 0.3 is 0 Å². The maximum absolute atomic E-state index is 12.6. The normalized spacial score (nSPS) is 15.7. The molecule has 34 heavy (non-hydrogen) atoms. The summed E-state index contributed by atoms with van der Waals surface area (Å²) in [4.78, 5) is 29.6. The van der Waals surface area contributed by atoms with Gasteiger partial charge in [-0.15, -0.1) is 0 Å². The van der Waals surface area contributed by atoms with Crippen molar-refractivity contribution in [2.45, 2.75) is 25.0 Å². The number of hydrogen-bond donors (Lipinski definition) is 2. The van der Waals surface area contributed by atoms with E-state index in [0.717, 1.165) is 16.5 Å². The van der Waals surface area contributed by atoms with E-state index in [1.54, 1.807) is 13.3 Å². The first-order valence-electron chi connectivity index (χ1n) is 10.9. The molecular formula is C24H25ClN4O5. The zero-order chi connectivity index (χ0) is 24.2. The van der Waals surface area contributed by atoms with Crippen molar-refractivity contribution in [2.24, 2.45) is 0 Å². The number of nitro benzene ring substituents is 1. The third-order valence-corrected chi connectivity index (χ3v) is 6.42. The van der Waals surface area contributed by atoms with Gasteiger partial charge in [-0.25, -0.2) is 0 Å². The number of methoxy groups -OCH3 is 1. The Hall–Kier alpha value is -3.27. The molecule has 1 atom stereocenters. The van der Waals surface area contributed by atoms with Crippen molar-refractivity contribution < 1.29 is 19.6 Å². The fraction of sp³-hybridized carbons (Fsp3) is 0.333. The molecule has 1 saturated heterocycles. The Morgan fingerprint density at radius 3 is 2.76 bits per heavy atom. The summed E-state index contributed by atoms with van der Waals surface area (Å²) in [5, 5.41) is 25.8. The van der Waals surface area contributed by atoms with Crippen LogP contribution in [0.5, 0.6) is 5.75 Å². The number of pyridine rings is 1. The van der Waals surface area contributed by atoms with Gasteiger partial charge in [0.2, 0.25) is 0 Å². The van der Waals surface area contributed by atoms with E-state index < -0.39 is 11.0 Å². The molecule has 0 unspecified atom stereocenters. The number of benzene rings is 2. The summed E-state index contributed by atoms with van der Waals surface area (Å²) in [6.45, 7) is 1.87. The smallest absolute Gasteiger partial charge is 0.288 e. The van der Waals surface area contributed by atoms with Gasteiger partial charge in [-0.1, -0.05) is 11.6 Å². The maximum atomic E-state index is 12.6. The number of ether oxygens (including phenoxy) is 1. The Balaban J connectivity index is 1.35. The molecule has 0 bridgehead atoms. The quantitative estimate of drug-likeness (QED) is 0.387. The van der Waals surface area contributed by atoms with Gasteiger partial charge in [0, 0.05) is 48.9 Å². The Kier molecular flexibility index (Phi) is 7.26. The number of hydrogen-bond acceptors (Lipinski definition) is 7. The second-order valence-corrected chi connectivity index (χ2v) is 8.68. The molecule has 1 aliphatic rings. The second kappa shape index (κ2) is 10.3. The van der Waals surface area contributed by atoms with Crippen LogP contribution in [-0.2, 0) is 0 Å². The molecule has 2 heterocycles. The van der Waals surface area contributed by atoms with Crippen molar-refractivity contribution in [3.8, 4) is 5.75 Å². The van der Waals surface area contributed by atoms with Gasteiger partial charge in [0.25, 0.3) is 11.6 Å². The van der Waals surface area contributed by atoms with Gasteiger partial charge in [0.05, 0.1) is 23.7 Å². The lowest BCUT2D eigenvalue weighted by Crippen LogP contribution is -2.45. The van der Waals surface area contributed by atoms with Crippen LogP contribution < -0.4 is 10.1 Å². The first-order valence-corrected chi connectivity index (χ1v) is 11.3. The summed E-state index contributed by atoms with van der Waals surface area (Å²) in [6.07, 6.45) is 2.41. The first kappa shape index (κ1) is 23.9. The molecule has 1 fully saturated rings. The third-order valence-electron chi connectivity index (χ3n) is 6.10. The van der Waals surface area contributed by atoms with Crippen molar-refractivity contribution in [2.75, 3.05) is 26.7 Å². The number of carbonyl (C=O) groups is 1. The van der Waals surface area contributed by atoms with E-state index in [9.17, 15) is 20.0 Å². The largest absolute Gasteiger partial charge is 0.497 e. The molecule has 0 saturated carbocycles. The molecule has 1 amide bonds. The number of halogens is 1. The van der Waals surface area contributed by atoms with Gasteiger partial charge in [-0.05, 0) is 54.8 Å². The molecule has 0 spiro atoms. The van der Waals surface area contributed by atoms with Crippen LogP contribution in [0, 0.1) is 10.1 Å². The minimum Gasteiger partial charge on any atom is -0.497 e. The first-order chi connectivity index (χ1) is 16.4. The number of aliphatic hydroxyl groups excluding tert-OH is 1. The van der Waals surface area contributed by atoms with Gasteiger partial charge in [0.15, 0.2) is 0 Å². The Labute approximate surface area is 201 Å². The second-order valence-electron chi connectivity index (χ2n) is 8.27. The van der Waals surface area contributed by atoms with Gasteiger partial charge in [0.1, 0.15) is 10.8 Å². The number of carbonyl (C=O) groups excluding carboxylic acids is 1. The number of aromatic nitrogens is 1. The lowest BCUT2D eigenvalue weighted by Gasteiger charge is -2.33.